The zero-order valence-electron chi connectivity index (χ0n) is 16.7. The molecule has 2 aliphatic rings. The number of likely N-dealkylation sites (tertiary alicyclic amines) is 1. The van der Waals surface area contributed by atoms with E-state index in [1.165, 1.54) is 12.0 Å². The van der Waals surface area contributed by atoms with Crippen molar-refractivity contribution in [1.82, 2.24) is 9.80 Å². The number of hydrogen-bond donors (Lipinski definition) is 1. The van der Waals surface area contributed by atoms with Gasteiger partial charge in [-0.3, -0.25) is 14.5 Å². The minimum Gasteiger partial charge on any atom is -0.465 e. The second-order valence-corrected chi connectivity index (χ2v) is 8.81. The van der Waals surface area contributed by atoms with Gasteiger partial charge in [-0.25, -0.2) is 4.79 Å². The molecule has 0 radical (unpaired) electrons. The molecule has 1 atom stereocenters. The fourth-order valence-electron chi connectivity index (χ4n) is 3.63. The molecule has 1 aromatic carbocycles. The molecule has 0 bridgehead atoms. The summed E-state index contributed by atoms with van der Waals surface area (Å²) in [5.74, 6) is -0.872. The van der Waals surface area contributed by atoms with Gasteiger partial charge in [-0.1, -0.05) is 36.1 Å². The summed E-state index contributed by atoms with van der Waals surface area (Å²) >= 11 is 6.50. The van der Waals surface area contributed by atoms with Crippen LogP contribution in [0.1, 0.15) is 41.6 Å². The van der Waals surface area contributed by atoms with E-state index in [4.69, 9.17) is 12.2 Å². The maximum atomic E-state index is 12.8. The lowest BCUT2D eigenvalue weighted by Crippen LogP contribution is -2.49. The number of hydrogen-bond acceptors (Lipinski definition) is 7. The van der Waals surface area contributed by atoms with Gasteiger partial charge in [0.25, 0.3) is 5.91 Å². The molecule has 2 amide bonds. The molecular weight excluding hydrogens is 424 g/mol. The van der Waals surface area contributed by atoms with E-state index >= 15 is 0 Å². The second-order valence-electron chi connectivity index (χ2n) is 7.13. The number of methoxy groups -OCH3 is 1. The molecule has 7 nitrogen and oxygen atoms in total. The van der Waals surface area contributed by atoms with Crippen LogP contribution in [0, 0.1) is 0 Å². The highest BCUT2D eigenvalue weighted by molar-refractivity contribution is 8.26. The first-order valence-corrected chi connectivity index (χ1v) is 11.0. The Morgan fingerprint density at radius 2 is 2.03 bits per heavy atom. The summed E-state index contributed by atoms with van der Waals surface area (Å²) < 4.78 is 5.03. The van der Waals surface area contributed by atoms with Crippen molar-refractivity contribution in [2.45, 2.75) is 31.7 Å². The van der Waals surface area contributed by atoms with Crippen LogP contribution < -0.4 is 0 Å². The van der Waals surface area contributed by atoms with Gasteiger partial charge in [0.05, 0.1) is 17.6 Å². The zero-order valence-corrected chi connectivity index (χ0v) is 18.3. The highest BCUT2D eigenvalue weighted by atomic mass is 32.2. The van der Waals surface area contributed by atoms with Crippen molar-refractivity contribution in [3.05, 3.63) is 40.3 Å². The smallest absolute Gasteiger partial charge is 0.337 e. The molecule has 0 saturated carbocycles. The van der Waals surface area contributed by atoms with Crippen LogP contribution in [0.5, 0.6) is 0 Å². The predicted octanol–water partition coefficient (Wildman–Crippen LogP) is 2.44. The zero-order chi connectivity index (χ0) is 21.7. The fourth-order valence-corrected chi connectivity index (χ4v) is 4.88. The minimum absolute atomic E-state index is 0.0125. The number of thiocarbonyl (C=S) groups is 1. The van der Waals surface area contributed by atoms with E-state index in [0.29, 0.717) is 27.8 Å². The van der Waals surface area contributed by atoms with Crippen molar-refractivity contribution in [2.24, 2.45) is 0 Å². The first kappa shape index (κ1) is 22.5. The number of benzene rings is 1. The molecule has 0 spiro atoms. The van der Waals surface area contributed by atoms with Crippen molar-refractivity contribution in [2.75, 3.05) is 26.8 Å². The Labute approximate surface area is 185 Å². The summed E-state index contributed by atoms with van der Waals surface area (Å²) in [7, 11) is 1.32. The topological polar surface area (TPSA) is 87.2 Å². The largest absolute Gasteiger partial charge is 0.465 e. The Balaban J connectivity index is 1.69. The molecule has 160 valence electrons. The van der Waals surface area contributed by atoms with Gasteiger partial charge >= 0.3 is 5.97 Å². The number of rotatable bonds is 6. The van der Waals surface area contributed by atoms with Crippen LogP contribution in [-0.4, -0.2) is 69.9 Å². The maximum Gasteiger partial charge on any atom is 0.337 e. The fraction of sp³-hybridized carbons (Fsp3) is 0.429. The van der Waals surface area contributed by atoms with Crippen molar-refractivity contribution >= 4 is 52.2 Å². The molecule has 1 N–H and O–H groups in total. The van der Waals surface area contributed by atoms with Crippen LogP contribution in [0.25, 0.3) is 6.08 Å². The number of carbonyl (C=O) groups is 3. The van der Waals surface area contributed by atoms with E-state index in [9.17, 15) is 19.5 Å². The Morgan fingerprint density at radius 1 is 1.30 bits per heavy atom. The first-order valence-electron chi connectivity index (χ1n) is 9.78. The summed E-state index contributed by atoms with van der Waals surface area (Å²) in [6.45, 7) is 0.582. The standard InChI is InChI=1S/C21H24N2O5S2/c1-28-20(27)15-7-5-14(6-8-15)12-17-19(26)23(21(29)30-17)13-18(25)22-10-3-2-4-16(22)9-11-24/h5-8,12,16,24H,2-4,9-11,13H2,1H3. The quantitative estimate of drug-likeness (QED) is 0.406. The highest BCUT2D eigenvalue weighted by Gasteiger charge is 2.36. The molecule has 1 unspecified atom stereocenters. The number of thioether (sulfide) groups is 1. The van der Waals surface area contributed by atoms with Gasteiger partial charge in [-0.15, -0.1) is 0 Å². The molecular formula is C21H24N2O5S2. The summed E-state index contributed by atoms with van der Waals surface area (Å²) in [6, 6.07) is 6.70. The van der Waals surface area contributed by atoms with Gasteiger partial charge in [0.15, 0.2) is 0 Å². The third-order valence-corrected chi connectivity index (χ3v) is 6.58. The Kier molecular flexibility index (Phi) is 7.63. The van der Waals surface area contributed by atoms with Crippen LogP contribution in [-0.2, 0) is 14.3 Å². The van der Waals surface area contributed by atoms with Crippen LogP contribution in [0.2, 0.25) is 0 Å². The Bertz CT molecular complexity index is 867. The summed E-state index contributed by atoms with van der Waals surface area (Å²) in [6.07, 6.45) is 5.07. The number of ether oxygens (including phenoxy) is 1. The third kappa shape index (κ3) is 5.08. The molecule has 2 fully saturated rings. The molecule has 2 aliphatic heterocycles. The Morgan fingerprint density at radius 3 is 2.70 bits per heavy atom. The van der Waals surface area contributed by atoms with E-state index in [0.717, 1.165) is 36.6 Å². The van der Waals surface area contributed by atoms with E-state index < -0.39 is 5.97 Å². The van der Waals surface area contributed by atoms with Gasteiger partial charge in [-0.05, 0) is 49.5 Å². The van der Waals surface area contributed by atoms with Gasteiger partial charge in [0.2, 0.25) is 5.91 Å². The van der Waals surface area contributed by atoms with E-state index in [1.54, 1.807) is 35.2 Å². The van der Waals surface area contributed by atoms with E-state index in [1.807, 2.05) is 0 Å². The van der Waals surface area contributed by atoms with E-state index in [-0.39, 0.29) is 31.0 Å². The normalized spacial score (nSPS) is 20.7. The predicted molar refractivity (Wildman–Crippen MR) is 119 cm³/mol. The number of nitrogens with zero attached hydrogens (tertiary/aromatic N) is 2. The number of aliphatic hydroxyl groups excluding tert-OH is 1. The monoisotopic (exact) mass is 448 g/mol. The van der Waals surface area contributed by atoms with Crippen molar-refractivity contribution in [3.63, 3.8) is 0 Å². The van der Waals surface area contributed by atoms with Gasteiger partial charge in [0.1, 0.15) is 10.9 Å². The molecule has 9 heteroatoms. The van der Waals surface area contributed by atoms with Crippen LogP contribution in [0.15, 0.2) is 29.2 Å². The molecule has 0 aliphatic carbocycles. The second kappa shape index (κ2) is 10.2. The number of amides is 2. The van der Waals surface area contributed by atoms with Crippen molar-refractivity contribution in [1.29, 1.82) is 0 Å². The summed E-state index contributed by atoms with van der Waals surface area (Å²) in [4.78, 5) is 40.8. The molecule has 30 heavy (non-hydrogen) atoms. The van der Waals surface area contributed by atoms with Crippen LogP contribution >= 0.6 is 24.0 Å². The first-order chi connectivity index (χ1) is 14.4. The third-order valence-electron chi connectivity index (χ3n) is 5.21. The molecule has 3 rings (SSSR count). The molecule has 2 saturated heterocycles. The average Bonchev–Trinajstić information content (AvgIpc) is 3.01. The minimum atomic E-state index is -0.427. The lowest BCUT2D eigenvalue weighted by molar-refractivity contribution is -0.138. The lowest BCUT2D eigenvalue weighted by atomic mass is 9.99. The summed E-state index contributed by atoms with van der Waals surface area (Å²) in [5.41, 5.74) is 1.17. The highest BCUT2D eigenvalue weighted by Crippen LogP contribution is 2.33. The summed E-state index contributed by atoms with van der Waals surface area (Å²) in [5, 5.41) is 9.26. The number of aliphatic hydroxyl groups is 1. The lowest BCUT2D eigenvalue weighted by Gasteiger charge is -2.36. The SMILES string of the molecule is COC(=O)c1ccc(C=C2SC(=S)N(CC(=O)N3CCCCC3CCO)C2=O)cc1. The molecule has 0 aromatic heterocycles. The number of piperidine rings is 1. The van der Waals surface area contributed by atoms with E-state index in [2.05, 4.69) is 4.74 Å². The van der Waals surface area contributed by atoms with Crippen LogP contribution in [0.4, 0.5) is 0 Å². The van der Waals surface area contributed by atoms with Crippen LogP contribution in [0.3, 0.4) is 0 Å². The number of esters is 1. The average molecular weight is 449 g/mol. The number of carbonyl (C=O) groups excluding carboxylic acids is 3. The van der Waals surface area contributed by atoms with Gasteiger partial charge in [-0.2, -0.15) is 0 Å². The van der Waals surface area contributed by atoms with Crippen molar-refractivity contribution < 1.29 is 24.2 Å². The van der Waals surface area contributed by atoms with Gasteiger partial charge < -0.3 is 14.7 Å². The van der Waals surface area contributed by atoms with Gasteiger partial charge in [0, 0.05) is 19.2 Å². The Hall–Kier alpha value is -2.23. The maximum absolute atomic E-state index is 12.8. The molecule has 1 aromatic rings. The molecule has 2 heterocycles. The van der Waals surface area contributed by atoms with Crippen molar-refractivity contribution in [3.8, 4) is 0 Å².